The van der Waals surface area contributed by atoms with Crippen LogP contribution in [0.1, 0.15) is 38.3 Å². The van der Waals surface area contributed by atoms with E-state index in [4.69, 9.17) is 4.74 Å². The van der Waals surface area contributed by atoms with Gasteiger partial charge in [-0.05, 0) is 31.4 Å². The number of amides is 1. The van der Waals surface area contributed by atoms with Gasteiger partial charge in [0.15, 0.2) is 0 Å². The summed E-state index contributed by atoms with van der Waals surface area (Å²) in [6.07, 6.45) is 9.45. The van der Waals surface area contributed by atoms with Crippen molar-refractivity contribution in [3.63, 3.8) is 0 Å². The summed E-state index contributed by atoms with van der Waals surface area (Å²) in [5, 5.41) is 0. The molecule has 1 aromatic heterocycles. The number of carbonyl (C=O) groups excluding carboxylic acids is 1. The first-order chi connectivity index (χ1) is 10.3. The molecule has 21 heavy (non-hydrogen) atoms. The molecule has 4 heteroatoms. The van der Waals surface area contributed by atoms with Crippen LogP contribution in [0.2, 0.25) is 0 Å². The normalized spacial score (nSPS) is 18.2. The maximum atomic E-state index is 12.4. The van der Waals surface area contributed by atoms with E-state index in [0.29, 0.717) is 19.5 Å². The Bertz CT molecular complexity index is 453. The van der Waals surface area contributed by atoms with Crippen LogP contribution in [0.3, 0.4) is 0 Å². The van der Waals surface area contributed by atoms with E-state index in [0.717, 1.165) is 31.6 Å². The lowest BCUT2D eigenvalue weighted by atomic mass is 10.2. The molecule has 0 aromatic carbocycles. The second-order valence-corrected chi connectivity index (χ2v) is 5.31. The summed E-state index contributed by atoms with van der Waals surface area (Å²) < 4.78 is 5.66. The van der Waals surface area contributed by atoms with Crippen LogP contribution in [-0.2, 0) is 16.1 Å². The number of pyridine rings is 1. The first kappa shape index (κ1) is 15.7. The van der Waals surface area contributed by atoms with Crippen molar-refractivity contribution >= 4 is 5.91 Å². The molecule has 0 saturated carbocycles. The van der Waals surface area contributed by atoms with E-state index in [1.165, 1.54) is 0 Å². The fourth-order valence-corrected chi connectivity index (χ4v) is 2.46. The van der Waals surface area contributed by atoms with Gasteiger partial charge in [-0.25, -0.2) is 0 Å². The molecule has 1 saturated heterocycles. The largest absolute Gasteiger partial charge is 0.376 e. The quantitative estimate of drug-likeness (QED) is 0.724. The zero-order chi connectivity index (χ0) is 14.9. The molecule has 0 bridgehead atoms. The average Bonchev–Trinajstić information content (AvgIpc) is 3.01. The second-order valence-electron chi connectivity index (χ2n) is 5.31. The lowest BCUT2D eigenvalue weighted by Crippen LogP contribution is -2.36. The lowest BCUT2D eigenvalue weighted by molar-refractivity contribution is -0.132. The van der Waals surface area contributed by atoms with E-state index in [2.05, 4.69) is 11.9 Å². The third kappa shape index (κ3) is 5.31. The molecule has 2 heterocycles. The smallest absolute Gasteiger partial charge is 0.226 e. The van der Waals surface area contributed by atoms with Crippen molar-refractivity contribution < 1.29 is 9.53 Å². The van der Waals surface area contributed by atoms with Crippen molar-refractivity contribution in [3.05, 3.63) is 42.2 Å². The van der Waals surface area contributed by atoms with Gasteiger partial charge in [0, 0.05) is 25.8 Å². The molecule has 0 radical (unpaired) electrons. The fourth-order valence-electron chi connectivity index (χ4n) is 2.46. The SMILES string of the molecule is CCC=CCC(=O)N(Cc1ccccn1)CC1CCCO1. The Morgan fingerprint density at radius 1 is 1.48 bits per heavy atom. The number of hydrogen-bond donors (Lipinski definition) is 0. The molecule has 1 amide bonds. The fraction of sp³-hybridized carbons (Fsp3) is 0.529. The van der Waals surface area contributed by atoms with E-state index in [1.807, 2.05) is 35.3 Å². The van der Waals surface area contributed by atoms with Crippen LogP contribution in [0.25, 0.3) is 0 Å². The minimum absolute atomic E-state index is 0.140. The number of aromatic nitrogens is 1. The zero-order valence-electron chi connectivity index (χ0n) is 12.7. The van der Waals surface area contributed by atoms with Crippen molar-refractivity contribution in [2.75, 3.05) is 13.2 Å². The van der Waals surface area contributed by atoms with Gasteiger partial charge in [0.05, 0.1) is 18.3 Å². The van der Waals surface area contributed by atoms with Crippen LogP contribution in [0, 0.1) is 0 Å². The van der Waals surface area contributed by atoms with Crippen molar-refractivity contribution in [3.8, 4) is 0 Å². The van der Waals surface area contributed by atoms with E-state index in [1.54, 1.807) is 6.20 Å². The molecule has 1 unspecified atom stereocenters. The molecule has 1 atom stereocenters. The minimum atomic E-state index is 0.140. The van der Waals surface area contributed by atoms with Gasteiger partial charge in [-0.2, -0.15) is 0 Å². The molecule has 1 aromatic rings. The molecule has 1 aliphatic rings. The maximum absolute atomic E-state index is 12.4. The highest BCUT2D eigenvalue weighted by Gasteiger charge is 2.22. The molecule has 1 fully saturated rings. The van der Waals surface area contributed by atoms with Crippen molar-refractivity contribution in [1.82, 2.24) is 9.88 Å². The van der Waals surface area contributed by atoms with E-state index >= 15 is 0 Å². The number of nitrogens with zero attached hydrogens (tertiary/aromatic N) is 2. The van der Waals surface area contributed by atoms with Crippen LogP contribution in [0.5, 0.6) is 0 Å². The van der Waals surface area contributed by atoms with E-state index in [9.17, 15) is 4.79 Å². The summed E-state index contributed by atoms with van der Waals surface area (Å²) >= 11 is 0. The number of hydrogen-bond acceptors (Lipinski definition) is 3. The van der Waals surface area contributed by atoms with Gasteiger partial charge in [-0.1, -0.05) is 25.1 Å². The molecule has 0 aliphatic carbocycles. The van der Waals surface area contributed by atoms with Crippen LogP contribution >= 0.6 is 0 Å². The zero-order valence-corrected chi connectivity index (χ0v) is 12.7. The van der Waals surface area contributed by atoms with Gasteiger partial charge < -0.3 is 9.64 Å². The van der Waals surface area contributed by atoms with Gasteiger partial charge in [0.25, 0.3) is 0 Å². The highest BCUT2D eigenvalue weighted by molar-refractivity contribution is 5.77. The summed E-state index contributed by atoms with van der Waals surface area (Å²) in [4.78, 5) is 18.6. The van der Waals surface area contributed by atoms with Crippen LogP contribution < -0.4 is 0 Å². The standard InChI is InChI=1S/C17H24N2O2/c1-2-3-4-10-17(20)19(14-16-9-7-12-21-16)13-15-8-5-6-11-18-15/h3-6,8,11,16H,2,7,9-10,12-14H2,1H3. The lowest BCUT2D eigenvalue weighted by Gasteiger charge is -2.25. The van der Waals surface area contributed by atoms with Gasteiger partial charge in [-0.15, -0.1) is 0 Å². The number of allylic oxidation sites excluding steroid dienone is 1. The summed E-state index contributed by atoms with van der Waals surface area (Å²) in [5.74, 6) is 0.140. The van der Waals surface area contributed by atoms with Gasteiger partial charge in [-0.3, -0.25) is 9.78 Å². The third-order valence-electron chi connectivity index (χ3n) is 3.57. The van der Waals surface area contributed by atoms with Crippen molar-refractivity contribution in [2.24, 2.45) is 0 Å². The molecule has 0 N–H and O–H groups in total. The molecule has 1 aliphatic heterocycles. The van der Waals surface area contributed by atoms with Gasteiger partial charge >= 0.3 is 0 Å². The van der Waals surface area contributed by atoms with E-state index < -0.39 is 0 Å². The number of ether oxygens (including phenoxy) is 1. The van der Waals surface area contributed by atoms with Crippen LogP contribution in [0.15, 0.2) is 36.5 Å². The Kier molecular flexibility index (Phi) is 6.41. The Balaban J connectivity index is 1.98. The maximum Gasteiger partial charge on any atom is 0.226 e. The topological polar surface area (TPSA) is 42.4 Å². The molecule has 0 spiro atoms. The summed E-state index contributed by atoms with van der Waals surface area (Å²) in [5.41, 5.74) is 0.920. The van der Waals surface area contributed by atoms with Gasteiger partial charge in [0.2, 0.25) is 5.91 Å². The molecule has 114 valence electrons. The second kappa shape index (κ2) is 8.57. The monoisotopic (exact) mass is 288 g/mol. The molecule has 2 rings (SSSR count). The average molecular weight is 288 g/mol. The molecule has 4 nitrogen and oxygen atoms in total. The van der Waals surface area contributed by atoms with Crippen LogP contribution in [0.4, 0.5) is 0 Å². The van der Waals surface area contributed by atoms with Gasteiger partial charge in [0.1, 0.15) is 0 Å². The Morgan fingerprint density at radius 2 is 2.38 bits per heavy atom. The predicted octanol–water partition coefficient (Wildman–Crippen LogP) is 2.95. The van der Waals surface area contributed by atoms with Crippen molar-refractivity contribution in [1.29, 1.82) is 0 Å². The first-order valence-electron chi connectivity index (χ1n) is 7.74. The molecular formula is C17H24N2O2. The molecular weight excluding hydrogens is 264 g/mol. The predicted molar refractivity (Wildman–Crippen MR) is 82.7 cm³/mol. The Labute approximate surface area is 126 Å². The highest BCUT2D eigenvalue weighted by Crippen LogP contribution is 2.15. The number of carbonyl (C=O) groups is 1. The summed E-state index contributed by atoms with van der Waals surface area (Å²) in [7, 11) is 0. The first-order valence-corrected chi connectivity index (χ1v) is 7.74. The Hall–Kier alpha value is -1.68. The summed E-state index contributed by atoms with van der Waals surface area (Å²) in [6.45, 7) is 4.10. The number of rotatable bonds is 7. The van der Waals surface area contributed by atoms with Crippen molar-refractivity contribution in [2.45, 2.75) is 45.3 Å². The summed E-state index contributed by atoms with van der Waals surface area (Å²) in [6, 6.07) is 5.80. The third-order valence-corrected chi connectivity index (χ3v) is 3.57. The minimum Gasteiger partial charge on any atom is -0.376 e. The van der Waals surface area contributed by atoms with E-state index in [-0.39, 0.29) is 12.0 Å². The highest BCUT2D eigenvalue weighted by atomic mass is 16.5. The Morgan fingerprint density at radius 3 is 3.05 bits per heavy atom. The van der Waals surface area contributed by atoms with Crippen LogP contribution in [-0.4, -0.2) is 35.0 Å².